The lowest BCUT2D eigenvalue weighted by atomic mass is 10.0. The lowest BCUT2D eigenvalue weighted by Gasteiger charge is -2.24. The number of esters is 1. The first-order chi connectivity index (χ1) is 28.0. The fourth-order valence-corrected chi connectivity index (χ4v) is 7.03. The lowest BCUT2D eigenvalue weighted by molar-refractivity contribution is -0.151. The Kier molecular flexibility index (Phi) is 42.7. The molecule has 0 saturated carbocycles. The number of hydrogen-bond donors (Lipinski definition) is 3. The number of carbonyl (C=O) groups excluding carboxylic acids is 2. The summed E-state index contributed by atoms with van der Waals surface area (Å²) in [5, 5.41) is 23.6. The summed E-state index contributed by atoms with van der Waals surface area (Å²) in [5.41, 5.74) is 0. The van der Waals surface area contributed by atoms with Gasteiger partial charge in [0.15, 0.2) is 0 Å². The number of amides is 1. The first kappa shape index (κ1) is 54.6. The fourth-order valence-electron chi connectivity index (χ4n) is 7.03. The van der Waals surface area contributed by atoms with Gasteiger partial charge in [0.2, 0.25) is 5.91 Å². The van der Waals surface area contributed by atoms with E-state index in [2.05, 4.69) is 50.4 Å². The predicted octanol–water partition coefficient (Wildman–Crippen LogP) is 14.1. The van der Waals surface area contributed by atoms with Crippen molar-refractivity contribution in [3.63, 3.8) is 0 Å². The van der Waals surface area contributed by atoms with Crippen LogP contribution < -0.4 is 5.32 Å². The molecule has 6 heteroatoms. The Morgan fingerprint density at radius 3 is 1.53 bits per heavy atom. The molecule has 3 unspecified atom stereocenters. The van der Waals surface area contributed by atoms with E-state index in [0.717, 1.165) is 57.8 Å². The molecular formula is C51H91NO5. The maximum absolute atomic E-state index is 13.1. The van der Waals surface area contributed by atoms with E-state index in [0.29, 0.717) is 19.3 Å². The second-order valence-electron chi connectivity index (χ2n) is 16.2. The van der Waals surface area contributed by atoms with E-state index in [1.165, 1.54) is 122 Å². The van der Waals surface area contributed by atoms with Crippen molar-refractivity contribution in [1.29, 1.82) is 0 Å². The van der Waals surface area contributed by atoms with Crippen molar-refractivity contribution < 1.29 is 24.5 Å². The number of rotatable bonds is 42. The number of ether oxygens (including phenoxy) is 1. The highest BCUT2D eigenvalue weighted by atomic mass is 16.5. The van der Waals surface area contributed by atoms with Gasteiger partial charge in [-0.05, 0) is 64.2 Å². The maximum atomic E-state index is 13.1. The third kappa shape index (κ3) is 40.1. The smallest absolute Gasteiger partial charge is 0.306 e. The molecule has 0 saturated heterocycles. The monoisotopic (exact) mass is 798 g/mol. The molecule has 0 aromatic carbocycles. The summed E-state index contributed by atoms with van der Waals surface area (Å²) in [6.45, 7) is 6.29. The Balaban J connectivity index is 4.63. The fraction of sp³-hybridized carbons (Fsp3) is 0.765. The molecule has 0 bridgehead atoms. The van der Waals surface area contributed by atoms with Gasteiger partial charge in [-0.15, -0.1) is 0 Å². The molecule has 0 radical (unpaired) electrons. The summed E-state index contributed by atoms with van der Waals surface area (Å²) in [5.74, 6) is -0.548. The van der Waals surface area contributed by atoms with Gasteiger partial charge in [0.05, 0.1) is 25.2 Å². The van der Waals surface area contributed by atoms with E-state index < -0.39 is 18.2 Å². The second-order valence-corrected chi connectivity index (χ2v) is 16.2. The highest BCUT2D eigenvalue weighted by molar-refractivity contribution is 5.77. The highest BCUT2D eigenvalue weighted by Crippen LogP contribution is 2.17. The van der Waals surface area contributed by atoms with Crippen molar-refractivity contribution in [3.05, 3.63) is 60.8 Å². The molecule has 1 amide bonds. The summed E-state index contributed by atoms with van der Waals surface area (Å²) in [6, 6.07) is -0.723. The van der Waals surface area contributed by atoms with E-state index in [1.807, 2.05) is 36.5 Å². The topological polar surface area (TPSA) is 95.9 Å². The van der Waals surface area contributed by atoms with Gasteiger partial charge in [-0.3, -0.25) is 9.59 Å². The van der Waals surface area contributed by atoms with Crippen molar-refractivity contribution in [1.82, 2.24) is 5.32 Å². The van der Waals surface area contributed by atoms with Gasteiger partial charge in [0, 0.05) is 6.42 Å². The largest absolute Gasteiger partial charge is 0.462 e. The van der Waals surface area contributed by atoms with Crippen molar-refractivity contribution in [2.75, 3.05) is 6.61 Å². The normalized spacial score (nSPS) is 13.8. The Bertz CT molecular complexity index is 1030. The van der Waals surface area contributed by atoms with E-state index in [9.17, 15) is 19.8 Å². The molecule has 0 aromatic rings. The zero-order valence-corrected chi connectivity index (χ0v) is 37.5. The molecule has 6 nitrogen and oxygen atoms in total. The minimum atomic E-state index is -0.805. The first-order valence-electron chi connectivity index (χ1n) is 24.1. The van der Waals surface area contributed by atoms with Crippen LogP contribution in [0.25, 0.3) is 0 Å². The summed E-state index contributed by atoms with van der Waals surface area (Å²) in [7, 11) is 0. The number of aliphatic hydroxyl groups excluding tert-OH is 2. The molecule has 57 heavy (non-hydrogen) atoms. The molecule has 0 aliphatic carbocycles. The quantitative estimate of drug-likeness (QED) is 0.0247. The molecule has 0 aromatic heterocycles. The summed E-state index contributed by atoms with van der Waals surface area (Å²) >= 11 is 0. The Labute approximate surface area is 352 Å². The van der Waals surface area contributed by atoms with Crippen LogP contribution >= 0.6 is 0 Å². The molecule has 0 aliphatic heterocycles. The zero-order valence-electron chi connectivity index (χ0n) is 37.5. The molecule has 330 valence electrons. The lowest BCUT2D eigenvalue weighted by Crippen LogP contribution is -2.46. The molecular weight excluding hydrogens is 707 g/mol. The van der Waals surface area contributed by atoms with Crippen LogP contribution in [0.5, 0.6) is 0 Å². The van der Waals surface area contributed by atoms with E-state index in [1.54, 1.807) is 0 Å². The van der Waals surface area contributed by atoms with Crippen LogP contribution in [0.1, 0.15) is 226 Å². The van der Waals surface area contributed by atoms with Crippen LogP contribution in [0, 0.1) is 0 Å². The molecule has 0 aliphatic rings. The number of hydrogen-bond acceptors (Lipinski definition) is 5. The van der Waals surface area contributed by atoms with Gasteiger partial charge in [-0.1, -0.05) is 210 Å². The van der Waals surface area contributed by atoms with Crippen LogP contribution in [0.2, 0.25) is 0 Å². The van der Waals surface area contributed by atoms with Crippen molar-refractivity contribution in [2.24, 2.45) is 0 Å². The first-order valence-corrected chi connectivity index (χ1v) is 24.1. The summed E-state index contributed by atoms with van der Waals surface area (Å²) in [6.07, 6.45) is 54.3. The van der Waals surface area contributed by atoms with Crippen molar-refractivity contribution in [2.45, 2.75) is 244 Å². The van der Waals surface area contributed by atoms with Gasteiger partial charge in [-0.2, -0.15) is 0 Å². The van der Waals surface area contributed by atoms with Crippen molar-refractivity contribution >= 4 is 11.9 Å². The molecule has 0 spiro atoms. The third-order valence-electron chi connectivity index (χ3n) is 10.7. The molecule has 0 fully saturated rings. The molecule has 0 heterocycles. The highest BCUT2D eigenvalue weighted by Gasteiger charge is 2.24. The number of aliphatic hydroxyl groups is 2. The zero-order chi connectivity index (χ0) is 41.7. The van der Waals surface area contributed by atoms with Crippen LogP contribution in [0.15, 0.2) is 60.8 Å². The van der Waals surface area contributed by atoms with E-state index in [4.69, 9.17) is 4.74 Å². The molecule has 3 atom stereocenters. The SMILES string of the molecule is CC/C=C/C=C/C=C\C=C/CCCC(CC(=O)NC(CO)C(O)CCCCCCCCCCCCCC)OC(=O)CCCCCCCCC/C=C\CCCCCC. The van der Waals surface area contributed by atoms with Gasteiger partial charge >= 0.3 is 5.97 Å². The minimum absolute atomic E-state index is 0.0291. The predicted molar refractivity (Wildman–Crippen MR) is 245 cm³/mol. The Morgan fingerprint density at radius 2 is 0.982 bits per heavy atom. The molecule has 0 rings (SSSR count). The average molecular weight is 798 g/mol. The number of allylic oxidation sites excluding steroid dienone is 10. The standard InChI is InChI=1S/C51H91NO5/c1-4-7-10-13-16-19-22-24-25-26-29-32-35-38-41-44-51(56)57-47(42-39-36-33-30-27-21-18-15-12-9-6-3)45-50(55)52-48(46-53)49(54)43-40-37-34-31-28-23-20-17-14-11-8-5-2/h9,12,15,18-19,21-22,27,30,33,47-49,53-54H,4-8,10-11,13-14,16-17,20,23-26,28-29,31-32,34-46H2,1-3H3,(H,52,55)/b12-9+,18-15+,22-19-,27-21-,33-30-. The van der Waals surface area contributed by atoms with E-state index in [-0.39, 0.29) is 24.9 Å². The van der Waals surface area contributed by atoms with Gasteiger partial charge in [0.25, 0.3) is 0 Å². The maximum Gasteiger partial charge on any atom is 0.306 e. The second kappa shape index (κ2) is 44.7. The Hall–Kier alpha value is -2.44. The minimum Gasteiger partial charge on any atom is -0.462 e. The van der Waals surface area contributed by atoms with Crippen LogP contribution in [-0.2, 0) is 14.3 Å². The number of unbranched alkanes of at least 4 members (excludes halogenated alkanes) is 23. The van der Waals surface area contributed by atoms with Gasteiger partial charge < -0.3 is 20.3 Å². The molecule has 3 N–H and O–H groups in total. The van der Waals surface area contributed by atoms with Gasteiger partial charge in [0.1, 0.15) is 6.10 Å². The van der Waals surface area contributed by atoms with E-state index >= 15 is 0 Å². The van der Waals surface area contributed by atoms with Crippen LogP contribution in [-0.4, -0.2) is 46.9 Å². The van der Waals surface area contributed by atoms with Crippen molar-refractivity contribution in [3.8, 4) is 0 Å². The average Bonchev–Trinajstić information content (AvgIpc) is 3.20. The summed E-state index contributed by atoms with van der Waals surface area (Å²) in [4.78, 5) is 26.0. The number of carbonyl (C=O) groups is 2. The van der Waals surface area contributed by atoms with Gasteiger partial charge in [-0.25, -0.2) is 0 Å². The van der Waals surface area contributed by atoms with Crippen LogP contribution in [0.3, 0.4) is 0 Å². The third-order valence-corrected chi connectivity index (χ3v) is 10.7. The number of nitrogens with one attached hydrogen (secondary N) is 1. The van der Waals surface area contributed by atoms with Crippen LogP contribution in [0.4, 0.5) is 0 Å². The summed E-state index contributed by atoms with van der Waals surface area (Å²) < 4.78 is 5.87. The Morgan fingerprint density at radius 1 is 0.526 bits per heavy atom.